The minimum atomic E-state index is -0.0905. The lowest BCUT2D eigenvalue weighted by molar-refractivity contribution is -0.0817. The van der Waals surface area contributed by atoms with Crippen LogP contribution in [-0.2, 0) is 11.2 Å². The third-order valence-electron chi connectivity index (χ3n) is 4.80. The van der Waals surface area contributed by atoms with Crippen molar-refractivity contribution in [2.45, 2.75) is 63.2 Å². The summed E-state index contributed by atoms with van der Waals surface area (Å²) in [7, 11) is 1.81. The van der Waals surface area contributed by atoms with E-state index in [1.807, 2.05) is 7.11 Å². The van der Waals surface area contributed by atoms with E-state index in [-0.39, 0.29) is 17.2 Å². The molecule has 0 amide bonds. The van der Waals surface area contributed by atoms with Crippen molar-refractivity contribution in [3.63, 3.8) is 0 Å². The highest BCUT2D eigenvalue weighted by molar-refractivity contribution is 5.42. The van der Waals surface area contributed by atoms with E-state index in [1.54, 1.807) is 0 Å². The maximum Gasteiger partial charge on any atom is 0.123 e. The van der Waals surface area contributed by atoms with E-state index in [9.17, 15) is 0 Å². The van der Waals surface area contributed by atoms with Gasteiger partial charge < -0.3 is 15.2 Å². The topological polar surface area (TPSA) is 44.5 Å². The molecule has 1 atom stereocenters. The molecule has 1 aliphatic carbocycles. The first-order valence-electron chi connectivity index (χ1n) is 7.56. The van der Waals surface area contributed by atoms with Crippen LogP contribution in [0.2, 0.25) is 0 Å². The van der Waals surface area contributed by atoms with Gasteiger partial charge in [0.05, 0.1) is 5.60 Å². The molecule has 3 rings (SSSR count). The molecule has 1 fully saturated rings. The van der Waals surface area contributed by atoms with Crippen molar-refractivity contribution in [3.05, 3.63) is 29.3 Å². The first-order valence-corrected chi connectivity index (χ1v) is 7.56. The normalized spacial score (nSPS) is 23.6. The summed E-state index contributed by atoms with van der Waals surface area (Å²) >= 11 is 0. The molecule has 2 aliphatic rings. The van der Waals surface area contributed by atoms with E-state index in [1.165, 1.54) is 17.5 Å². The van der Waals surface area contributed by atoms with Gasteiger partial charge in [-0.3, -0.25) is 0 Å². The Hall–Kier alpha value is -1.06. The van der Waals surface area contributed by atoms with Gasteiger partial charge in [0.1, 0.15) is 11.4 Å². The van der Waals surface area contributed by atoms with Gasteiger partial charge in [-0.1, -0.05) is 12.1 Å². The summed E-state index contributed by atoms with van der Waals surface area (Å²) in [5, 5.41) is 0. The zero-order chi connectivity index (χ0) is 14.4. The van der Waals surface area contributed by atoms with Crippen molar-refractivity contribution in [2.24, 2.45) is 5.73 Å². The second-order valence-corrected chi connectivity index (χ2v) is 6.96. The summed E-state index contributed by atoms with van der Waals surface area (Å²) in [5.41, 5.74) is 8.82. The lowest BCUT2D eigenvalue weighted by atomic mass is 9.75. The zero-order valence-electron chi connectivity index (χ0n) is 12.7. The number of nitrogens with two attached hydrogens (primary N) is 1. The Balaban J connectivity index is 1.75. The SMILES string of the molecule is COC1(CC(N)c2ccc3c(c2)CC(C)(C)O3)CCC1. The van der Waals surface area contributed by atoms with Crippen LogP contribution in [0.15, 0.2) is 18.2 Å². The van der Waals surface area contributed by atoms with Crippen LogP contribution in [0.5, 0.6) is 5.75 Å². The summed E-state index contributed by atoms with van der Waals surface area (Å²) in [4.78, 5) is 0. The predicted molar refractivity (Wildman–Crippen MR) is 80.0 cm³/mol. The molecule has 1 unspecified atom stereocenters. The van der Waals surface area contributed by atoms with Gasteiger partial charge in [0, 0.05) is 19.6 Å². The van der Waals surface area contributed by atoms with Gasteiger partial charge in [-0.05, 0) is 56.7 Å². The summed E-state index contributed by atoms with van der Waals surface area (Å²) in [5.74, 6) is 1.01. The number of hydrogen-bond acceptors (Lipinski definition) is 3. The molecule has 1 saturated carbocycles. The Kier molecular flexibility index (Phi) is 3.30. The van der Waals surface area contributed by atoms with Crippen LogP contribution >= 0.6 is 0 Å². The van der Waals surface area contributed by atoms with Crippen LogP contribution in [0.4, 0.5) is 0 Å². The summed E-state index contributed by atoms with van der Waals surface area (Å²) in [6.07, 6.45) is 5.40. The molecule has 0 bridgehead atoms. The van der Waals surface area contributed by atoms with Gasteiger partial charge in [0.15, 0.2) is 0 Å². The van der Waals surface area contributed by atoms with Crippen LogP contribution in [0, 0.1) is 0 Å². The smallest absolute Gasteiger partial charge is 0.123 e. The monoisotopic (exact) mass is 275 g/mol. The van der Waals surface area contributed by atoms with Crippen molar-refractivity contribution in [3.8, 4) is 5.75 Å². The van der Waals surface area contributed by atoms with E-state index < -0.39 is 0 Å². The van der Waals surface area contributed by atoms with Crippen LogP contribution < -0.4 is 10.5 Å². The molecule has 3 nitrogen and oxygen atoms in total. The number of rotatable bonds is 4. The van der Waals surface area contributed by atoms with Crippen LogP contribution in [0.25, 0.3) is 0 Å². The number of hydrogen-bond donors (Lipinski definition) is 1. The van der Waals surface area contributed by atoms with Gasteiger partial charge in [-0.15, -0.1) is 0 Å². The largest absolute Gasteiger partial charge is 0.487 e. The average molecular weight is 275 g/mol. The third-order valence-corrected chi connectivity index (χ3v) is 4.80. The summed E-state index contributed by atoms with van der Waals surface area (Å²) in [6, 6.07) is 6.44. The van der Waals surface area contributed by atoms with Gasteiger partial charge in [0.25, 0.3) is 0 Å². The highest BCUT2D eigenvalue weighted by atomic mass is 16.5. The Morgan fingerprint density at radius 1 is 1.35 bits per heavy atom. The van der Waals surface area contributed by atoms with Crippen LogP contribution in [0.1, 0.15) is 56.7 Å². The van der Waals surface area contributed by atoms with Gasteiger partial charge >= 0.3 is 0 Å². The Morgan fingerprint density at radius 3 is 2.70 bits per heavy atom. The van der Waals surface area contributed by atoms with Gasteiger partial charge in [-0.2, -0.15) is 0 Å². The molecule has 20 heavy (non-hydrogen) atoms. The molecular formula is C17H25NO2. The molecule has 1 aliphatic heterocycles. The molecule has 1 heterocycles. The molecule has 0 saturated heterocycles. The fourth-order valence-electron chi connectivity index (χ4n) is 3.44. The second kappa shape index (κ2) is 4.74. The first kappa shape index (κ1) is 13.9. The fourth-order valence-corrected chi connectivity index (χ4v) is 3.44. The molecule has 1 aromatic carbocycles. The predicted octanol–water partition coefficient (Wildman–Crippen LogP) is 3.36. The van der Waals surface area contributed by atoms with E-state index in [4.69, 9.17) is 15.2 Å². The van der Waals surface area contributed by atoms with Crippen molar-refractivity contribution in [1.82, 2.24) is 0 Å². The highest BCUT2D eigenvalue weighted by Crippen LogP contribution is 2.42. The van der Waals surface area contributed by atoms with E-state index in [2.05, 4.69) is 32.0 Å². The van der Waals surface area contributed by atoms with Gasteiger partial charge in [-0.25, -0.2) is 0 Å². The third kappa shape index (κ3) is 2.45. The number of methoxy groups -OCH3 is 1. The zero-order valence-corrected chi connectivity index (χ0v) is 12.7. The van der Waals surface area contributed by atoms with Crippen molar-refractivity contribution >= 4 is 0 Å². The Bertz CT molecular complexity index is 500. The lowest BCUT2D eigenvalue weighted by Gasteiger charge is -2.42. The summed E-state index contributed by atoms with van der Waals surface area (Å²) in [6.45, 7) is 4.25. The average Bonchev–Trinajstić information content (AvgIpc) is 2.66. The van der Waals surface area contributed by atoms with Gasteiger partial charge in [0.2, 0.25) is 0 Å². The van der Waals surface area contributed by atoms with E-state index in [0.29, 0.717) is 0 Å². The molecule has 2 N–H and O–H groups in total. The second-order valence-electron chi connectivity index (χ2n) is 6.96. The van der Waals surface area contributed by atoms with E-state index >= 15 is 0 Å². The molecule has 0 aromatic heterocycles. The fraction of sp³-hybridized carbons (Fsp3) is 0.647. The van der Waals surface area contributed by atoms with Crippen molar-refractivity contribution in [2.75, 3.05) is 7.11 Å². The number of ether oxygens (including phenoxy) is 2. The quantitative estimate of drug-likeness (QED) is 0.916. The maximum absolute atomic E-state index is 6.41. The Morgan fingerprint density at radius 2 is 2.10 bits per heavy atom. The molecule has 110 valence electrons. The van der Waals surface area contributed by atoms with Crippen molar-refractivity contribution < 1.29 is 9.47 Å². The molecule has 0 spiro atoms. The summed E-state index contributed by atoms with van der Waals surface area (Å²) < 4.78 is 11.6. The molecule has 1 aromatic rings. The highest BCUT2D eigenvalue weighted by Gasteiger charge is 2.39. The minimum Gasteiger partial charge on any atom is -0.487 e. The number of benzene rings is 1. The van der Waals surface area contributed by atoms with Crippen LogP contribution in [0.3, 0.4) is 0 Å². The minimum absolute atomic E-state index is 0.0220. The van der Waals surface area contributed by atoms with Crippen LogP contribution in [-0.4, -0.2) is 18.3 Å². The molecular weight excluding hydrogens is 250 g/mol. The molecule has 0 radical (unpaired) electrons. The number of fused-ring (bicyclic) bond motifs is 1. The Labute approximate surface area is 121 Å². The van der Waals surface area contributed by atoms with Crippen molar-refractivity contribution in [1.29, 1.82) is 0 Å². The first-order chi connectivity index (χ1) is 9.43. The lowest BCUT2D eigenvalue weighted by Crippen LogP contribution is -2.41. The maximum atomic E-state index is 6.41. The standard InChI is InChI=1S/C17H25NO2/c1-16(2)10-13-9-12(5-6-15(13)20-16)14(18)11-17(19-3)7-4-8-17/h5-6,9,14H,4,7-8,10-11,18H2,1-3H3. The van der Waals surface area contributed by atoms with E-state index in [0.717, 1.165) is 31.4 Å². The molecule has 3 heteroatoms.